The minimum atomic E-state index is -0.626. The maximum Gasteiger partial charge on any atom is 0.0750 e. The zero-order valence-corrected chi connectivity index (χ0v) is 36.5. The third-order valence-corrected chi connectivity index (χ3v) is 16.5. The Hall–Kier alpha value is -6.36. The van der Waals surface area contributed by atoms with Gasteiger partial charge in [0.2, 0.25) is 0 Å². The van der Waals surface area contributed by atoms with E-state index in [2.05, 4.69) is 213 Å². The average Bonchev–Trinajstić information content (AvgIpc) is 3.91. The van der Waals surface area contributed by atoms with Gasteiger partial charge >= 0.3 is 0 Å². The zero-order valence-electron chi connectivity index (χ0n) is 34.1. The molecule has 0 atom stereocenters. The summed E-state index contributed by atoms with van der Waals surface area (Å²) in [5.41, 5.74) is 17.9. The molecule has 10 aromatic rings. The number of halogens is 1. The van der Waals surface area contributed by atoms with Gasteiger partial charge in [0.15, 0.2) is 0 Å². The Balaban J connectivity index is 1.18. The summed E-state index contributed by atoms with van der Waals surface area (Å²) in [4.78, 5) is 5.00. The van der Waals surface area contributed by atoms with Gasteiger partial charge in [-0.3, -0.25) is 0 Å². The molecule has 9 aromatic carbocycles. The van der Waals surface area contributed by atoms with Crippen LogP contribution in [-0.4, -0.2) is 0 Å². The van der Waals surface area contributed by atoms with E-state index in [1.165, 1.54) is 96.8 Å². The molecule has 1 spiro atoms. The monoisotopic (exact) mass is 847 g/mol. The van der Waals surface area contributed by atoms with E-state index in [0.717, 1.165) is 22.0 Å². The van der Waals surface area contributed by atoms with Crippen LogP contribution in [-0.2, 0) is 10.8 Å². The molecule has 1 aromatic heterocycles. The van der Waals surface area contributed by atoms with Crippen LogP contribution in [0, 0.1) is 0 Å². The van der Waals surface area contributed by atoms with E-state index in [1.54, 1.807) is 0 Å². The normalized spacial score (nSPS) is 14.6. The first kappa shape index (κ1) is 36.3. The Labute approximate surface area is 374 Å². The molecule has 0 bridgehead atoms. The molecule has 0 radical (unpaired) electrons. The molecular weight excluding hydrogens is 810 g/mol. The summed E-state index contributed by atoms with van der Waals surface area (Å²) in [6.45, 7) is 4.75. The van der Waals surface area contributed by atoms with Crippen LogP contribution >= 0.6 is 34.7 Å². The van der Waals surface area contributed by atoms with Crippen LogP contribution in [0.25, 0.3) is 53.6 Å². The Morgan fingerprint density at radius 2 is 1.10 bits per heavy atom. The number of hydrogen-bond acceptors (Lipinski definition) is 3. The fourth-order valence-electron chi connectivity index (χ4n) is 11.2. The molecule has 0 N–H and O–H groups in total. The number of fused-ring (bicyclic) bond motifs is 15. The summed E-state index contributed by atoms with van der Waals surface area (Å²) in [6.07, 6.45) is 0. The molecular formula is C58H38ClNS2. The second kappa shape index (κ2) is 13.3. The number of anilines is 3. The van der Waals surface area contributed by atoms with Crippen LogP contribution < -0.4 is 4.90 Å². The fourth-order valence-corrected chi connectivity index (χ4v) is 14.1. The molecule has 13 rings (SSSR count). The predicted octanol–water partition coefficient (Wildman–Crippen LogP) is 17.0. The minimum absolute atomic E-state index is 0.168. The van der Waals surface area contributed by atoms with E-state index in [1.807, 2.05) is 23.1 Å². The van der Waals surface area contributed by atoms with Gasteiger partial charge in [-0.2, -0.15) is 0 Å². The molecule has 4 heteroatoms. The van der Waals surface area contributed by atoms with Crippen molar-refractivity contribution in [3.8, 4) is 33.4 Å². The third-order valence-electron chi connectivity index (χ3n) is 13.8. The van der Waals surface area contributed by atoms with Crippen LogP contribution in [0.5, 0.6) is 0 Å². The quantitative estimate of drug-likeness (QED) is 0.174. The largest absolute Gasteiger partial charge is 0.309 e. The molecule has 3 aliphatic rings. The molecule has 0 saturated carbocycles. The number of hydrogen-bond donors (Lipinski definition) is 0. The van der Waals surface area contributed by atoms with Crippen molar-refractivity contribution in [3.05, 3.63) is 233 Å². The minimum Gasteiger partial charge on any atom is -0.309 e. The summed E-state index contributed by atoms with van der Waals surface area (Å²) in [5.74, 6) is 0. The second-order valence-corrected chi connectivity index (χ2v) is 19.8. The Morgan fingerprint density at radius 3 is 1.87 bits per heavy atom. The molecule has 1 nitrogen and oxygen atoms in total. The number of rotatable bonds is 4. The summed E-state index contributed by atoms with van der Waals surface area (Å²) >= 11 is 11.2. The van der Waals surface area contributed by atoms with E-state index in [0.29, 0.717) is 0 Å². The molecule has 0 fully saturated rings. The molecule has 62 heavy (non-hydrogen) atoms. The fraction of sp³-hybridized carbons (Fsp3) is 0.0690. The van der Waals surface area contributed by atoms with Crippen molar-refractivity contribution < 1.29 is 0 Å². The standard InChI is InChI=1S/C58H38ClNS2/c1-57(2)43-23-10-8-22-40(43)53-46(57)26-14-29-49(53)60(36-33-41(35-17-4-3-5-18-35)55-42(34-36)39-21-9-13-31-51(39)61-55)50-30-15-27-47-56(50)62-52-32-16-28-48(59)54(52)58(47)44-24-11-6-19-37(44)38-20-7-12-25-45(38)58/h3-34H,1-2H3. The highest BCUT2D eigenvalue weighted by Gasteiger charge is 2.52. The highest BCUT2D eigenvalue weighted by Crippen LogP contribution is 2.66. The smallest absolute Gasteiger partial charge is 0.0750 e. The van der Waals surface area contributed by atoms with Crippen LogP contribution in [0.4, 0.5) is 17.1 Å². The van der Waals surface area contributed by atoms with Gasteiger partial charge in [0.25, 0.3) is 0 Å². The molecule has 294 valence electrons. The van der Waals surface area contributed by atoms with Crippen molar-refractivity contribution in [1.82, 2.24) is 0 Å². The van der Waals surface area contributed by atoms with Gasteiger partial charge in [-0.1, -0.05) is 189 Å². The van der Waals surface area contributed by atoms with Crippen LogP contribution in [0.1, 0.15) is 47.2 Å². The molecule has 0 unspecified atom stereocenters. The third kappa shape index (κ3) is 4.82. The molecule has 0 saturated heterocycles. The lowest BCUT2D eigenvalue weighted by molar-refractivity contribution is 0.660. The highest BCUT2D eigenvalue weighted by molar-refractivity contribution is 7.99. The Kier molecular flexibility index (Phi) is 7.80. The van der Waals surface area contributed by atoms with Crippen LogP contribution in [0.2, 0.25) is 5.02 Å². The SMILES string of the molecule is CC1(C)c2ccccc2-c2c(N(c3cc(-c4ccccc4)c4sc5ccccc5c4c3)c3cccc4c3Sc3cccc(Cl)c3C43c4ccccc4-c4ccccc43)cccc21. The van der Waals surface area contributed by atoms with E-state index in [-0.39, 0.29) is 5.41 Å². The first-order chi connectivity index (χ1) is 30.4. The molecule has 2 heterocycles. The van der Waals surface area contributed by atoms with Gasteiger partial charge in [0.05, 0.1) is 16.8 Å². The lowest BCUT2D eigenvalue weighted by atomic mass is 9.67. The summed E-state index contributed by atoms with van der Waals surface area (Å²) in [5, 5.41) is 3.34. The van der Waals surface area contributed by atoms with Gasteiger partial charge in [0, 0.05) is 62.8 Å². The Morgan fingerprint density at radius 1 is 0.484 bits per heavy atom. The summed E-state index contributed by atoms with van der Waals surface area (Å²) < 4.78 is 2.60. The van der Waals surface area contributed by atoms with Gasteiger partial charge in [-0.05, 0) is 92.5 Å². The zero-order chi connectivity index (χ0) is 41.3. The molecule has 0 amide bonds. The molecule has 1 aliphatic heterocycles. The Bertz CT molecular complexity index is 3460. The van der Waals surface area contributed by atoms with Crippen molar-refractivity contribution in [2.45, 2.75) is 34.5 Å². The first-order valence-electron chi connectivity index (χ1n) is 21.3. The van der Waals surface area contributed by atoms with Crippen LogP contribution in [0.15, 0.2) is 204 Å². The lowest BCUT2D eigenvalue weighted by Gasteiger charge is -2.42. The number of nitrogens with zero attached hydrogens (tertiary/aromatic N) is 1. The highest BCUT2D eigenvalue weighted by atomic mass is 35.5. The maximum atomic E-state index is 7.49. The maximum absolute atomic E-state index is 7.49. The van der Waals surface area contributed by atoms with Gasteiger partial charge < -0.3 is 4.90 Å². The predicted molar refractivity (Wildman–Crippen MR) is 263 cm³/mol. The summed E-state index contributed by atoms with van der Waals surface area (Å²) in [7, 11) is 0. The van der Waals surface area contributed by atoms with Crippen molar-refractivity contribution in [2.75, 3.05) is 4.90 Å². The first-order valence-corrected chi connectivity index (χ1v) is 23.3. The summed E-state index contributed by atoms with van der Waals surface area (Å²) in [6, 6.07) is 72.2. The molecule has 2 aliphatic carbocycles. The number of benzene rings is 9. The second-order valence-electron chi connectivity index (χ2n) is 17.2. The lowest BCUT2D eigenvalue weighted by Crippen LogP contribution is -2.33. The van der Waals surface area contributed by atoms with Crippen molar-refractivity contribution in [3.63, 3.8) is 0 Å². The van der Waals surface area contributed by atoms with Crippen molar-refractivity contribution in [2.24, 2.45) is 0 Å². The van der Waals surface area contributed by atoms with E-state index in [4.69, 9.17) is 11.6 Å². The average molecular weight is 849 g/mol. The van der Waals surface area contributed by atoms with Gasteiger partial charge in [-0.15, -0.1) is 11.3 Å². The topological polar surface area (TPSA) is 3.24 Å². The van der Waals surface area contributed by atoms with Crippen molar-refractivity contribution >= 4 is 71.9 Å². The van der Waals surface area contributed by atoms with Gasteiger partial charge in [-0.25, -0.2) is 0 Å². The van der Waals surface area contributed by atoms with Crippen LogP contribution in [0.3, 0.4) is 0 Å². The van der Waals surface area contributed by atoms with E-state index in [9.17, 15) is 0 Å². The number of thiophene rings is 1. The van der Waals surface area contributed by atoms with E-state index < -0.39 is 5.41 Å². The van der Waals surface area contributed by atoms with Gasteiger partial charge in [0.1, 0.15) is 0 Å². The van der Waals surface area contributed by atoms with E-state index >= 15 is 0 Å². The van der Waals surface area contributed by atoms with Crippen molar-refractivity contribution in [1.29, 1.82) is 0 Å².